The summed E-state index contributed by atoms with van der Waals surface area (Å²) in [6.07, 6.45) is -4.38. The molecule has 0 radical (unpaired) electrons. The van der Waals surface area contributed by atoms with Crippen molar-refractivity contribution in [1.82, 2.24) is 4.90 Å². The molecule has 1 N–H and O–H groups in total. The number of nitrogens with one attached hydrogen (secondary N) is 1. The molecule has 0 bridgehead atoms. The quantitative estimate of drug-likeness (QED) is 0.754. The van der Waals surface area contributed by atoms with E-state index in [-0.39, 0.29) is 29.2 Å². The van der Waals surface area contributed by atoms with E-state index in [1.54, 1.807) is 12.1 Å². The molecule has 1 aliphatic heterocycles. The Morgan fingerprint density at radius 2 is 1.59 bits per heavy atom. The topological polar surface area (TPSA) is 66.5 Å². The summed E-state index contributed by atoms with van der Waals surface area (Å²) in [6, 6.07) is 9.32. The number of amides is 3. The minimum Gasteiger partial charge on any atom is -0.324 e. The summed E-state index contributed by atoms with van der Waals surface area (Å²) in [5.74, 6) is -1.94. The second kappa shape index (κ2) is 7.69. The molecule has 3 amide bonds. The summed E-state index contributed by atoms with van der Waals surface area (Å²) < 4.78 is 38.8. The van der Waals surface area contributed by atoms with Crippen molar-refractivity contribution in [2.24, 2.45) is 5.92 Å². The molecular weight excluding hydrogens is 385 g/mol. The molecule has 8 heteroatoms. The Morgan fingerprint density at radius 1 is 1.00 bits per heavy atom. The largest absolute Gasteiger partial charge is 0.416 e. The van der Waals surface area contributed by atoms with Crippen LogP contribution in [0, 0.1) is 5.92 Å². The van der Waals surface area contributed by atoms with Crippen LogP contribution >= 0.6 is 0 Å². The van der Waals surface area contributed by atoms with Crippen LogP contribution in [0.3, 0.4) is 0 Å². The predicted octanol–water partition coefficient (Wildman–Crippen LogP) is 4.35. The predicted molar refractivity (Wildman–Crippen MR) is 100 cm³/mol. The first-order valence-electron chi connectivity index (χ1n) is 9.04. The van der Waals surface area contributed by atoms with Crippen LogP contribution in [0.25, 0.3) is 0 Å². The number of alkyl halides is 3. The molecule has 2 aromatic carbocycles. The highest BCUT2D eigenvalue weighted by Crippen LogP contribution is 2.31. The van der Waals surface area contributed by atoms with Crippen molar-refractivity contribution in [2.75, 3.05) is 5.32 Å². The molecule has 2 aromatic rings. The van der Waals surface area contributed by atoms with Gasteiger partial charge in [-0.2, -0.15) is 13.2 Å². The third-order valence-electron chi connectivity index (χ3n) is 4.59. The monoisotopic (exact) mass is 404 g/mol. The van der Waals surface area contributed by atoms with Crippen LogP contribution in [-0.2, 0) is 11.0 Å². The van der Waals surface area contributed by atoms with Crippen LogP contribution < -0.4 is 5.32 Å². The zero-order valence-electron chi connectivity index (χ0n) is 15.8. The number of nitrogens with zero attached hydrogens (tertiary/aromatic N) is 1. The zero-order chi connectivity index (χ0) is 21.3. The van der Waals surface area contributed by atoms with Gasteiger partial charge in [0, 0.05) is 5.69 Å². The number of benzene rings is 2. The lowest BCUT2D eigenvalue weighted by Gasteiger charge is -2.27. The molecule has 152 valence electrons. The number of anilines is 1. The molecular formula is C21H19F3N2O3. The van der Waals surface area contributed by atoms with Crippen molar-refractivity contribution in [3.05, 3.63) is 65.2 Å². The zero-order valence-corrected chi connectivity index (χ0v) is 15.8. The second-order valence-electron chi connectivity index (χ2n) is 7.24. The fourth-order valence-electron chi connectivity index (χ4n) is 3.27. The highest BCUT2D eigenvalue weighted by atomic mass is 19.4. The summed E-state index contributed by atoms with van der Waals surface area (Å²) in [5, 5.41) is 2.42. The molecule has 1 heterocycles. The number of carbonyl (C=O) groups excluding carboxylic acids is 3. The number of hydrogen-bond donors (Lipinski definition) is 1. The van der Waals surface area contributed by atoms with Crippen molar-refractivity contribution in [3.63, 3.8) is 0 Å². The number of fused-ring (bicyclic) bond motifs is 1. The number of halogens is 3. The lowest BCUT2D eigenvalue weighted by Crippen LogP contribution is -2.47. The molecule has 0 aromatic heterocycles. The van der Waals surface area contributed by atoms with E-state index in [0.717, 1.165) is 17.0 Å². The molecule has 0 fully saturated rings. The maximum atomic E-state index is 12.9. The minimum atomic E-state index is -4.55. The van der Waals surface area contributed by atoms with Crippen molar-refractivity contribution in [2.45, 2.75) is 32.5 Å². The van der Waals surface area contributed by atoms with Gasteiger partial charge < -0.3 is 5.32 Å². The Labute approximate surface area is 165 Å². The number of imide groups is 1. The Kier molecular flexibility index (Phi) is 5.46. The maximum absolute atomic E-state index is 12.9. The van der Waals surface area contributed by atoms with Crippen molar-refractivity contribution in [1.29, 1.82) is 0 Å². The molecule has 0 saturated heterocycles. The minimum absolute atomic E-state index is 0.0448. The summed E-state index contributed by atoms with van der Waals surface area (Å²) in [6.45, 7) is 3.64. The van der Waals surface area contributed by atoms with E-state index in [9.17, 15) is 27.6 Å². The molecule has 1 aliphatic rings. The average Bonchev–Trinajstić information content (AvgIpc) is 2.90. The molecule has 0 spiro atoms. The van der Waals surface area contributed by atoms with Crippen molar-refractivity contribution >= 4 is 23.4 Å². The Hall–Kier alpha value is -3.16. The Bertz CT molecular complexity index is 935. The summed E-state index contributed by atoms with van der Waals surface area (Å²) in [5.41, 5.74) is -0.553. The first kappa shape index (κ1) is 20.6. The van der Waals surface area contributed by atoms with E-state index in [2.05, 4.69) is 5.32 Å². The van der Waals surface area contributed by atoms with Gasteiger partial charge in [0.2, 0.25) is 5.91 Å². The Balaban J connectivity index is 1.89. The van der Waals surface area contributed by atoms with Gasteiger partial charge in [-0.1, -0.05) is 32.0 Å². The smallest absolute Gasteiger partial charge is 0.324 e. The second-order valence-corrected chi connectivity index (χ2v) is 7.24. The van der Waals surface area contributed by atoms with Crippen molar-refractivity contribution < 1.29 is 27.6 Å². The summed E-state index contributed by atoms with van der Waals surface area (Å²) in [7, 11) is 0. The average molecular weight is 404 g/mol. The molecule has 29 heavy (non-hydrogen) atoms. The van der Waals surface area contributed by atoms with E-state index in [1.807, 2.05) is 13.8 Å². The van der Waals surface area contributed by atoms with Crippen LogP contribution in [0.1, 0.15) is 46.5 Å². The van der Waals surface area contributed by atoms with Gasteiger partial charge in [-0.3, -0.25) is 19.3 Å². The lowest BCUT2D eigenvalue weighted by atomic mass is 10.0. The molecule has 1 unspecified atom stereocenters. The number of carbonyl (C=O) groups is 3. The molecule has 0 saturated carbocycles. The summed E-state index contributed by atoms with van der Waals surface area (Å²) >= 11 is 0. The molecule has 1 atom stereocenters. The molecule has 0 aliphatic carbocycles. The van der Waals surface area contributed by atoms with E-state index < -0.39 is 35.5 Å². The van der Waals surface area contributed by atoms with Crippen LogP contribution in [-0.4, -0.2) is 28.7 Å². The number of rotatable bonds is 5. The highest BCUT2D eigenvalue weighted by molar-refractivity contribution is 6.23. The number of hydrogen-bond acceptors (Lipinski definition) is 3. The van der Waals surface area contributed by atoms with Gasteiger partial charge in [0.15, 0.2) is 0 Å². The molecule has 3 rings (SSSR count). The third-order valence-corrected chi connectivity index (χ3v) is 4.59. The van der Waals surface area contributed by atoms with Crippen LogP contribution in [0.2, 0.25) is 0 Å². The van der Waals surface area contributed by atoms with Crippen LogP contribution in [0.15, 0.2) is 48.5 Å². The standard InChI is InChI=1S/C21H19F3N2O3/c1-12(2)10-17(26-19(28)15-8-3-4-9-16(15)20(26)29)18(27)25-14-7-5-6-13(11-14)21(22,23)24/h3-9,11-12,17H,10H2,1-2H3,(H,25,27). The SMILES string of the molecule is CC(C)CC(C(=O)Nc1cccc(C(F)(F)F)c1)N1C(=O)c2ccccc2C1=O. The normalized spacial score (nSPS) is 14.9. The van der Waals surface area contributed by atoms with E-state index >= 15 is 0 Å². The van der Waals surface area contributed by atoms with Crippen LogP contribution in [0.4, 0.5) is 18.9 Å². The van der Waals surface area contributed by atoms with E-state index in [1.165, 1.54) is 24.3 Å². The van der Waals surface area contributed by atoms with Gasteiger partial charge in [0.1, 0.15) is 6.04 Å². The van der Waals surface area contributed by atoms with Gasteiger partial charge in [-0.05, 0) is 42.7 Å². The van der Waals surface area contributed by atoms with Gasteiger partial charge in [-0.15, -0.1) is 0 Å². The van der Waals surface area contributed by atoms with Gasteiger partial charge in [0.05, 0.1) is 16.7 Å². The first-order valence-corrected chi connectivity index (χ1v) is 9.04. The van der Waals surface area contributed by atoms with Crippen molar-refractivity contribution in [3.8, 4) is 0 Å². The summed E-state index contributed by atoms with van der Waals surface area (Å²) in [4.78, 5) is 39.3. The first-order chi connectivity index (χ1) is 13.6. The lowest BCUT2D eigenvalue weighted by molar-refractivity contribution is -0.137. The van der Waals surface area contributed by atoms with E-state index in [0.29, 0.717) is 0 Å². The fourth-order valence-corrected chi connectivity index (χ4v) is 3.27. The third kappa shape index (κ3) is 4.16. The van der Waals surface area contributed by atoms with Gasteiger partial charge in [0.25, 0.3) is 11.8 Å². The van der Waals surface area contributed by atoms with Gasteiger partial charge >= 0.3 is 6.18 Å². The van der Waals surface area contributed by atoms with Crippen LogP contribution in [0.5, 0.6) is 0 Å². The fraction of sp³-hybridized carbons (Fsp3) is 0.286. The van der Waals surface area contributed by atoms with Gasteiger partial charge in [-0.25, -0.2) is 0 Å². The molecule has 5 nitrogen and oxygen atoms in total. The Morgan fingerprint density at radius 3 is 2.10 bits per heavy atom. The van der Waals surface area contributed by atoms with E-state index in [4.69, 9.17) is 0 Å². The highest BCUT2D eigenvalue weighted by Gasteiger charge is 2.42. The maximum Gasteiger partial charge on any atom is 0.416 e.